The predicted molar refractivity (Wildman–Crippen MR) is 148 cm³/mol. The summed E-state index contributed by atoms with van der Waals surface area (Å²) in [5, 5.41) is 0.996. The van der Waals surface area contributed by atoms with Crippen LogP contribution in [0.5, 0.6) is 0 Å². The van der Waals surface area contributed by atoms with Crippen LogP contribution in [0.25, 0.3) is 22.7 Å². The van der Waals surface area contributed by atoms with E-state index in [2.05, 4.69) is 11.1 Å². The molecule has 1 fully saturated rings. The van der Waals surface area contributed by atoms with Crippen LogP contribution >= 0.6 is 0 Å². The second-order valence-electron chi connectivity index (χ2n) is 11.4. The number of amides is 2. The number of hydrogen-bond donors (Lipinski definition) is 0. The lowest BCUT2D eigenvalue weighted by atomic mass is 10.1. The lowest BCUT2D eigenvalue weighted by molar-refractivity contribution is 0.0242. The number of likely N-dealkylation sites (tertiary alicyclic amines) is 1. The molecule has 0 unspecified atom stereocenters. The van der Waals surface area contributed by atoms with Crippen molar-refractivity contribution >= 4 is 29.0 Å². The SMILES string of the molecule is Cc1cncc2c1c(/C=C1\C[C@@H](C)N(C(=O)OC(C)(C)C)C1)cn2-c1ccc(F)cc1C(=O)N(C)C(C)C. The Kier molecular flexibility index (Phi) is 7.37. The number of hydrogen-bond acceptors (Lipinski definition) is 4. The van der Waals surface area contributed by atoms with Crippen LogP contribution in [0.4, 0.5) is 9.18 Å². The van der Waals surface area contributed by atoms with Crippen LogP contribution in [0.15, 0.2) is 42.4 Å². The van der Waals surface area contributed by atoms with Gasteiger partial charge in [-0.15, -0.1) is 0 Å². The Balaban J connectivity index is 1.80. The Morgan fingerprint density at radius 3 is 2.61 bits per heavy atom. The van der Waals surface area contributed by atoms with E-state index in [1.54, 1.807) is 29.1 Å². The minimum absolute atomic E-state index is 0.0140. The Bertz CT molecular complexity index is 1420. The number of aromatic nitrogens is 2. The second-order valence-corrected chi connectivity index (χ2v) is 11.4. The molecule has 1 aliphatic rings. The van der Waals surface area contributed by atoms with Crippen molar-refractivity contribution in [1.82, 2.24) is 19.4 Å². The number of carbonyl (C=O) groups excluding carboxylic acids is 2. The normalized spacial score (nSPS) is 17.1. The molecule has 3 heterocycles. The number of pyridine rings is 1. The maximum Gasteiger partial charge on any atom is 0.410 e. The van der Waals surface area contributed by atoms with Crippen molar-refractivity contribution in [3.63, 3.8) is 0 Å². The van der Waals surface area contributed by atoms with E-state index < -0.39 is 11.4 Å². The van der Waals surface area contributed by atoms with Crippen molar-refractivity contribution in [2.75, 3.05) is 13.6 Å². The Hall–Kier alpha value is -3.68. The summed E-state index contributed by atoms with van der Waals surface area (Å²) >= 11 is 0. The molecular weight excluding hydrogens is 483 g/mol. The van der Waals surface area contributed by atoms with Crippen molar-refractivity contribution < 1.29 is 18.7 Å². The third-order valence-corrected chi connectivity index (χ3v) is 6.93. The largest absolute Gasteiger partial charge is 0.444 e. The molecule has 1 aliphatic heterocycles. The summed E-state index contributed by atoms with van der Waals surface area (Å²) in [6, 6.07) is 4.27. The predicted octanol–water partition coefficient (Wildman–Crippen LogP) is 6.37. The molecule has 2 aromatic heterocycles. The molecule has 38 heavy (non-hydrogen) atoms. The first-order valence-corrected chi connectivity index (χ1v) is 13.0. The van der Waals surface area contributed by atoms with E-state index in [1.165, 1.54) is 12.1 Å². The minimum atomic E-state index is -0.561. The molecule has 1 aromatic carbocycles. The van der Waals surface area contributed by atoms with Gasteiger partial charge in [0.1, 0.15) is 11.4 Å². The Labute approximate surface area is 223 Å². The van der Waals surface area contributed by atoms with Gasteiger partial charge in [-0.2, -0.15) is 0 Å². The molecule has 8 heteroatoms. The highest BCUT2D eigenvalue weighted by molar-refractivity contribution is 6.00. The molecule has 202 valence electrons. The molecule has 0 bridgehead atoms. The first-order valence-electron chi connectivity index (χ1n) is 13.0. The average Bonchev–Trinajstić information content (AvgIpc) is 3.38. The van der Waals surface area contributed by atoms with E-state index in [4.69, 9.17) is 4.74 Å². The highest BCUT2D eigenvalue weighted by Gasteiger charge is 2.32. The van der Waals surface area contributed by atoms with E-state index in [0.717, 1.165) is 34.0 Å². The lowest BCUT2D eigenvalue weighted by Crippen LogP contribution is -2.38. The van der Waals surface area contributed by atoms with Crippen LogP contribution in [0, 0.1) is 12.7 Å². The van der Waals surface area contributed by atoms with Crippen LogP contribution in [0.3, 0.4) is 0 Å². The molecule has 0 aliphatic carbocycles. The number of fused-ring (bicyclic) bond motifs is 1. The van der Waals surface area contributed by atoms with E-state index >= 15 is 0 Å². The third-order valence-electron chi connectivity index (χ3n) is 6.93. The molecular formula is C30H37FN4O3. The van der Waals surface area contributed by atoms with Gasteiger partial charge >= 0.3 is 6.09 Å². The fraction of sp³-hybridized carbons (Fsp3) is 0.433. The second kappa shape index (κ2) is 10.2. The zero-order chi connectivity index (χ0) is 27.9. The van der Waals surface area contributed by atoms with Crippen LogP contribution in [0.2, 0.25) is 0 Å². The van der Waals surface area contributed by atoms with Crippen molar-refractivity contribution in [2.24, 2.45) is 0 Å². The molecule has 1 saturated heterocycles. The number of rotatable bonds is 4. The summed E-state index contributed by atoms with van der Waals surface area (Å²) in [5.41, 5.74) is 4.17. The van der Waals surface area contributed by atoms with Crippen LogP contribution in [-0.4, -0.2) is 62.6 Å². The summed E-state index contributed by atoms with van der Waals surface area (Å²) in [6.07, 6.45) is 8.06. The molecule has 4 rings (SSSR count). The van der Waals surface area contributed by atoms with Crippen LogP contribution < -0.4 is 0 Å². The van der Waals surface area contributed by atoms with Gasteiger partial charge in [0.2, 0.25) is 0 Å². The summed E-state index contributed by atoms with van der Waals surface area (Å²) in [4.78, 5) is 33.8. The number of carbonyl (C=O) groups is 2. The van der Waals surface area contributed by atoms with Crippen molar-refractivity contribution in [1.29, 1.82) is 0 Å². The minimum Gasteiger partial charge on any atom is -0.444 e. The fourth-order valence-corrected chi connectivity index (χ4v) is 4.82. The van der Waals surface area contributed by atoms with E-state index in [-0.39, 0.29) is 29.6 Å². The quantitative estimate of drug-likeness (QED) is 0.401. The van der Waals surface area contributed by atoms with Gasteiger partial charge in [0.15, 0.2) is 0 Å². The molecule has 7 nitrogen and oxygen atoms in total. The maximum absolute atomic E-state index is 14.3. The van der Waals surface area contributed by atoms with E-state index in [0.29, 0.717) is 12.2 Å². The number of benzene rings is 1. The highest BCUT2D eigenvalue weighted by Crippen LogP contribution is 2.33. The molecule has 3 aromatic rings. The van der Waals surface area contributed by atoms with Crippen molar-refractivity contribution in [2.45, 2.75) is 72.6 Å². The summed E-state index contributed by atoms with van der Waals surface area (Å²) < 4.78 is 21.9. The standard InChI is InChI=1S/C30H37FN4O3/c1-18(2)33(8)28(36)24-13-23(31)9-10-25(24)35-17-22(27-19(3)14-32-15-26(27)35)12-21-11-20(4)34(16-21)29(37)38-30(5,6)7/h9-10,12-15,17-18,20H,11,16H2,1-8H3/b21-12+/t20-/m1/s1. The summed E-state index contributed by atoms with van der Waals surface area (Å²) in [5.74, 6) is -0.723. The number of aryl methyl sites for hydroxylation is 1. The van der Waals surface area contributed by atoms with Gasteiger partial charge in [0.25, 0.3) is 5.91 Å². The van der Waals surface area contributed by atoms with Crippen molar-refractivity contribution in [3.05, 3.63) is 64.9 Å². The summed E-state index contributed by atoms with van der Waals surface area (Å²) in [7, 11) is 1.72. The zero-order valence-corrected chi connectivity index (χ0v) is 23.5. The van der Waals surface area contributed by atoms with Gasteiger partial charge in [0.05, 0.1) is 23.0 Å². The fourth-order valence-electron chi connectivity index (χ4n) is 4.82. The lowest BCUT2D eigenvalue weighted by Gasteiger charge is -2.26. The first kappa shape index (κ1) is 27.4. The molecule has 0 saturated carbocycles. The Morgan fingerprint density at radius 1 is 1.24 bits per heavy atom. The topological polar surface area (TPSA) is 67.7 Å². The summed E-state index contributed by atoms with van der Waals surface area (Å²) in [6.45, 7) is 13.9. The maximum atomic E-state index is 14.3. The highest BCUT2D eigenvalue weighted by atomic mass is 19.1. The van der Waals surface area contributed by atoms with E-state index in [9.17, 15) is 14.0 Å². The molecule has 2 amide bonds. The van der Waals surface area contributed by atoms with Gasteiger partial charge in [-0.1, -0.05) is 6.08 Å². The van der Waals surface area contributed by atoms with Crippen LogP contribution in [-0.2, 0) is 4.74 Å². The number of halogens is 1. The van der Waals surface area contributed by atoms with Gasteiger partial charge in [0, 0.05) is 49.0 Å². The Morgan fingerprint density at radius 2 is 1.95 bits per heavy atom. The van der Waals surface area contributed by atoms with Crippen molar-refractivity contribution in [3.8, 4) is 5.69 Å². The van der Waals surface area contributed by atoms with Gasteiger partial charge < -0.3 is 19.1 Å². The number of ether oxygens (including phenoxy) is 1. The van der Waals surface area contributed by atoms with E-state index in [1.807, 2.05) is 65.4 Å². The molecule has 1 atom stereocenters. The monoisotopic (exact) mass is 520 g/mol. The van der Waals surface area contributed by atoms with Gasteiger partial charge in [-0.05, 0) is 84.2 Å². The molecule has 0 N–H and O–H groups in total. The first-order chi connectivity index (χ1) is 17.8. The number of nitrogens with zero attached hydrogens (tertiary/aromatic N) is 4. The zero-order valence-electron chi connectivity index (χ0n) is 23.5. The van der Waals surface area contributed by atoms with Gasteiger partial charge in [-0.25, -0.2) is 9.18 Å². The molecule has 0 radical (unpaired) electrons. The molecule has 0 spiro atoms. The van der Waals surface area contributed by atoms with Gasteiger partial charge in [-0.3, -0.25) is 9.78 Å². The smallest absolute Gasteiger partial charge is 0.410 e. The third kappa shape index (κ3) is 5.44. The average molecular weight is 521 g/mol. The van der Waals surface area contributed by atoms with Crippen LogP contribution in [0.1, 0.15) is 69.4 Å².